The molecule has 1 aromatic rings. The van der Waals surface area contributed by atoms with Gasteiger partial charge in [0.1, 0.15) is 5.75 Å². The minimum atomic E-state index is -4.32. The summed E-state index contributed by atoms with van der Waals surface area (Å²) in [4.78, 5) is 11.6. The fourth-order valence-corrected chi connectivity index (χ4v) is 1.63. The zero-order chi connectivity index (χ0) is 13.1. The van der Waals surface area contributed by atoms with Crippen molar-refractivity contribution in [3.05, 3.63) is 28.2 Å². The molecule has 0 heterocycles. The van der Waals surface area contributed by atoms with Crippen molar-refractivity contribution in [1.29, 1.82) is 0 Å². The molecule has 0 saturated heterocycles. The minimum Gasteiger partial charge on any atom is -0.496 e. The van der Waals surface area contributed by atoms with Gasteiger partial charge in [-0.15, -0.1) is 0 Å². The second-order valence-electron chi connectivity index (χ2n) is 3.38. The molecule has 0 unspecified atom stereocenters. The van der Waals surface area contributed by atoms with E-state index in [4.69, 9.17) is 4.74 Å². The van der Waals surface area contributed by atoms with Crippen LogP contribution in [-0.4, -0.2) is 19.1 Å². The summed E-state index contributed by atoms with van der Waals surface area (Å²) in [6.07, 6.45) is -6.01. The molecule has 0 aliphatic carbocycles. The maximum atomic E-state index is 12.0. The molecule has 0 fully saturated rings. The highest BCUT2D eigenvalue weighted by Gasteiger charge is 2.28. The highest BCUT2D eigenvalue weighted by Crippen LogP contribution is 2.27. The number of carbonyl (C=O) groups excluding carboxylic acids is 1. The average Bonchev–Trinajstić information content (AvgIpc) is 2.24. The van der Waals surface area contributed by atoms with Gasteiger partial charge in [-0.05, 0) is 18.2 Å². The number of alkyl halides is 3. The number of Topliss-reactive ketones (excluding diaryl/α,β-unsaturated/α-hetero) is 1. The van der Waals surface area contributed by atoms with Gasteiger partial charge in [-0.3, -0.25) is 4.79 Å². The second kappa shape index (κ2) is 5.53. The number of hydrogen-bond donors (Lipinski definition) is 0. The van der Waals surface area contributed by atoms with E-state index < -0.39 is 24.8 Å². The van der Waals surface area contributed by atoms with Crippen molar-refractivity contribution < 1.29 is 22.7 Å². The number of hydrogen-bond acceptors (Lipinski definition) is 2. The number of benzene rings is 1. The fraction of sp³-hybridized carbons (Fsp3) is 0.364. The Kier molecular flexibility index (Phi) is 4.56. The summed E-state index contributed by atoms with van der Waals surface area (Å²) in [5.41, 5.74) is 0.167. The minimum absolute atomic E-state index is 0.167. The number of halogens is 4. The van der Waals surface area contributed by atoms with Crippen molar-refractivity contribution in [2.24, 2.45) is 0 Å². The third-order valence-electron chi connectivity index (χ3n) is 2.10. The SMILES string of the molecule is COc1cc(Br)ccc1C(=O)CCC(F)(F)F. The molecule has 6 heteroatoms. The first-order chi connectivity index (χ1) is 7.83. The molecule has 0 radical (unpaired) electrons. The lowest BCUT2D eigenvalue weighted by molar-refractivity contribution is -0.133. The van der Waals surface area contributed by atoms with Crippen molar-refractivity contribution in [3.8, 4) is 5.75 Å². The quantitative estimate of drug-likeness (QED) is 0.786. The molecule has 1 aromatic carbocycles. The lowest BCUT2D eigenvalue weighted by Crippen LogP contribution is -2.11. The van der Waals surface area contributed by atoms with E-state index in [-0.39, 0.29) is 11.3 Å². The van der Waals surface area contributed by atoms with Gasteiger partial charge in [0.05, 0.1) is 19.1 Å². The van der Waals surface area contributed by atoms with Crippen LogP contribution in [0.15, 0.2) is 22.7 Å². The van der Waals surface area contributed by atoms with Crippen LogP contribution in [0.1, 0.15) is 23.2 Å². The van der Waals surface area contributed by atoms with Crippen LogP contribution in [0.2, 0.25) is 0 Å². The van der Waals surface area contributed by atoms with E-state index in [1.165, 1.54) is 13.2 Å². The highest BCUT2D eigenvalue weighted by molar-refractivity contribution is 9.10. The van der Waals surface area contributed by atoms with Crippen LogP contribution in [0.3, 0.4) is 0 Å². The molecule has 0 saturated carbocycles. The number of rotatable bonds is 4. The molecule has 0 atom stereocenters. The standard InChI is InChI=1S/C11H10BrF3O2/c1-17-10-6-7(12)2-3-8(10)9(16)4-5-11(13,14)15/h2-3,6H,4-5H2,1H3. The second-order valence-corrected chi connectivity index (χ2v) is 4.30. The zero-order valence-electron chi connectivity index (χ0n) is 8.97. The number of ketones is 1. The smallest absolute Gasteiger partial charge is 0.389 e. The molecule has 0 amide bonds. The van der Waals surface area contributed by atoms with Crippen LogP contribution in [0.4, 0.5) is 13.2 Å². The molecule has 0 N–H and O–H groups in total. The summed E-state index contributed by atoms with van der Waals surface area (Å²) >= 11 is 3.19. The van der Waals surface area contributed by atoms with Gasteiger partial charge in [-0.2, -0.15) is 13.2 Å². The maximum Gasteiger partial charge on any atom is 0.389 e. The number of methoxy groups -OCH3 is 1. The molecule has 0 aromatic heterocycles. The first-order valence-corrected chi connectivity index (χ1v) is 5.56. The first-order valence-electron chi connectivity index (χ1n) is 4.77. The van der Waals surface area contributed by atoms with E-state index in [1.807, 2.05) is 0 Å². The van der Waals surface area contributed by atoms with E-state index >= 15 is 0 Å². The van der Waals surface area contributed by atoms with Crippen molar-refractivity contribution in [3.63, 3.8) is 0 Å². The lowest BCUT2D eigenvalue weighted by atomic mass is 10.1. The third kappa shape index (κ3) is 4.38. The van der Waals surface area contributed by atoms with E-state index in [0.29, 0.717) is 4.47 Å². The molecule has 1 rings (SSSR count). The van der Waals surface area contributed by atoms with E-state index in [0.717, 1.165) is 0 Å². The third-order valence-corrected chi connectivity index (χ3v) is 2.59. The first kappa shape index (κ1) is 14.0. The van der Waals surface area contributed by atoms with E-state index in [2.05, 4.69) is 15.9 Å². The molecule has 0 bridgehead atoms. The summed E-state index contributed by atoms with van der Waals surface area (Å²) in [5, 5.41) is 0. The monoisotopic (exact) mass is 310 g/mol. The van der Waals surface area contributed by atoms with Gasteiger partial charge in [0.25, 0.3) is 0 Å². The number of ether oxygens (including phenoxy) is 1. The van der Waals surface area contributed by atoms with Crippen molar-refractivity contribution in [1.82, 2.24) is 0 Å². The van der Waals surface area contributed by atoms with Crippen LogP contribution in [0, 0.1) is 0 Å². The molecule has 2 nitrogen and oxygen atoms in total. The van der Waals surface area contributed by atoms with Gasteiger partial charge in [0.15, 0.2) is 5.78 Å². The Morgan fingerprint density at radius 3 is 2.59 bits per heavy atom. The van der Waals surface area contributed by atoms with Crippen molar-refractivity contribution >= 4 is 21.7 Å². The van der Waals surface area contributed by atoms with Gasteiger partial charge < -0.3 is 4.74 Å². The van der Waals surface area contributed by atoms with Crippen LogP contribution in [0.25, 0.3) is 0 Å². The van der Waals surface area contributed by atoms with Gasteiger partial charge in [-0.1, -0.05) is 15.9 Å². The largest absolute Gasteiger partial charge is 0.496 e. The maximum absolute atomic E-state index is 12.0. The number of carbonyl (C=O) groups is 1. The summed E-state index contributed by atoms with van der Waals surface area (Å²) in [6, 6.07) is 4.58. The predicted octanol–water partition coefficient (Wildman–Crippen LogP) is 3.98. The van der Waals surface area contributed by atoms with Crippen molar-refractivity contribution in [2.45, 2.75) is 19.0 Å². The Hall–Kier alpha value is -1.04. The van der Waals surface area contributed by atoms with Gasteiger partial charge in [0, 0.05) is 10.9 Å². The molecule has 94 valence electrons. The van der Waals surface area contributed by atoms with Crippen molar-refractivity contribution in [2.75, 3.05) is 7.11 Å². The Labute approximate surface area is 105 Å². The Bertz CT molecular complexity index is 416. The van der Waals surface area contributed by atoms with Crippen LogP contribution in [-0.2, 0) is 0 Å². The molecule has 17 heavy (non-hydrogen) atoms. The van der Waals surface area contributed by atoms with Gasteiger partial charge >= 0.3 is 6.18 Å². The van der Waals surface area contributed by atoms with Gasteiger partial charge in [0.2, 0.25) is 0 Å². The van der Waals surface area contributed by atoms with E-state index in [1.54, 1.807) is 12.1 Å². The van der Waals surface area contributed by atoms with Crippen LogP contribution >= 0.6 is 15.9 Å². The summed E-state index contributed by atoms with van der Waals surface area (Å²) < 4.78 is 41.6. The Balaban J connectivity index is 2.82. The Morgan fingerprint density at radius 1 is 1.41 bits per heavy atom. The molecule has 0 aliphatic rings. The highest BCUT2D eigenvalue weighted by atomic mass is 79.9. The topological polar surface area (TPSA) is 26.3 Å². The molecule has 0 aliphatic heterocycles. The summed E-state index contributed by atoms with van der Waals surface area (Å²) in [5.74, 6) is -0.307. The summed E-state index contributed by atoms with van der Waals surface area (Å²) in [6.45, 7) is 0. The van der Waals surface area contributed by atoms with E-state index in [9.17, 15) is 18.0 Å². The van der Waals surface area contributed by atoms with Crippen LogP contribution in [0.5, 0.6) is 5.75 Å². The predicted molar refractivity (Wildman–Crippen MR) is 60.3 cm³/mol. The molecular weight excluding hydrogens is 301 g/mol. The molecular formula is C11H10BrF3O2. The Morgan fingerprint density at radius 2 is 2.06 bits per heavy atom. The molecule has 0 spiro atoms. The normalized spacial score (nSPS) is 11.4. The summed E-state index contributed by atoms with van der Waals surface area (Å²) in [7, 11) is 1.36. The van der Waals surface area contributed by atoms with Crippen LogP contribution < -0.4 is 4.74 Å². The lowest BCUT2D eigenvalue weighted by Gasteiger charge is -2.09. The van der Waals surface area contributed by atoms with Gasteiger partial charge in [-0.25, -0.2) is 0 Å². The zero-order valence-corrected chi connectivity index (χ0v) is 10.6. The fourth-order valence-electron chi connectivity index (χ4n) is 1.29. The average molecular weight is 311 g/mol.